The number of nitrogens with zero attached hydrogens (tertiary/aromatic N) is 3. The first-order chi connectivity index (χ1) is 15.9. The Morgan fingerprint density at radius 2 is 1.88 bits per heavy atom. The lowest BCUT2D eigenvalue weighted by Gasteiger charge is -2.12. The van der Waals surface area contributed by atoms with Crippen molar-refractivity contribution in [1.82, 2.24) is 15.5 Å². The van der Waals surface area contributed by atoms with E-state index in [2.05, 4.69) is 15.5 Å². The third-order valence-electron chi connectivity index (χ3n) is 5.25. The Morgan fingerprint density at radius 1 is 1.06 bits per heavy atom. The average Bonchev–Trinajstić information content (AvgIpc) is 2.83. The minimum absolute atomic E-state index is 0.0238. The van der Waals surface area contributed by atoms with Crippen LogP contribution in [0.4, 0.5) is 14.5 Å². The monoisotopic (exact) mass is 443 g/mol. The first-order valence-corrected chi connectivity index (χ1v) is 10.3. The van der Waals surface area contributed by atoms with Gasteiger partial charge >= 0.3 is 0 Å². The van der Waals surface area contributed by atoms with Crippen molar-refractivity contribution in [1.29, 1.82) is 5.26 Å². The van der Waals surface area contributed by atoms with Crippen molar-refractivity contribution in [2.45, 2.75) is 13.3 Å². The van der Waals surface area contributed by atoms with E-state index in [0.29, 0.717) is 28.6 Å². The number of amides is 1. The maximum atomic E-state index is 14.7. The molecule has 0 fully saturated rings. The highest BCUT2D eigenvalue weighted by atomic mass is 19.1. The van der Waals surface area contributed by atoms with Gasteiger partial charge in [0.15, 0.2) is 5.69 Å². The predicted octanol–water partition coefficient (Wildman–Crippen LogP) is 4.84. The standard InChI is InChI=1S/C25H19F2N5O/c1-2-10-30-25(33)24-22(29)19-5-3-4-18(23(19)31-32-24)14-6-9-21(27)20(12-14)17-8-7-16(26)11-15(17)13-28/h3-9,11-12H,2,10H2,1H3,(H2,29,31)(H,30,33). The van der Waals surface area contributed by atoms with Crippen LogP contribution in [-0.4, -0.2) is 22.6 Å². The van der Waals surface area contributed by atoms with Crippen LogP contribution in [0.15, 0.2) is 54.6 Å². The van der Waals surface area contributed by atoms with Gasteiger partial charge < -0.3 is 11.1 Å². The zero-order chi connectivity index (χ0) is 23.5. The number of hydrogen-bond acceptors (Lipinski definition) is 5. The molecule has 6 nitrogen and oxygen atoms in total. The Kier molecular flexibility index (Phi) is 5.96. The molecule has 0 spiro atoms. The van der Waals surface area contributed by atoms with Crippen molar-refractivity contribution in [2.75, 3.05) is 12.3 Å². The molecule has 0 radical (unpaired) electrons. The number of hydrogen-bond donors (Lipinski definition) is 2. The zero-order valence-corrected chi connectivity index (χ0v) is 17.7. The molecule has 8 heteroatoms. The van der Waals surface area contributed by atoms with Crippen LogP contribution in [0.5, 0.6) is 0 Å². The summed E-state index contributed by atoms with van der Waals surface area (Å²) in [4.78, 5) is 12.4. The Hall–Kier alpha value is -4.38. The third kappa shape index (κ3) is 4.08. The molecule has 3 aromatic carbocycles. The fraction of sp³-hybridized carbons (Fsp3) is 0.120. The SMILES string of the molecule is CCCNC(=O)c1nnc2c(-c3ccc(F)c(-c4ccc(F)cc4C#N)c3)cccc2c1N. The van der Waals surface area contributed by atoms with E-state index in [1.54, 1.807) is 30.3 Å². The van der Waals surface area contributed by atoms with Crippen molar-refractivity contribution < 1.29 is 13.6 Å². The van der Waals surface area contributed by atoms with Gasteiger partial charge in [-0.1, -0.05) is 37.3 Å². The summed E-state index contributed by atoms with van der Waals surface area (Å²) in [5.74, 6) is -1.54. The number of nitrogen functional groups attached to an aromatic ring is 1. The summed E-state index contributed by atoms with van der Waals surface area (Å²) in [5, 5.41) is 20.9. The Bertz CT molecular complexity index is 1430. The number of aromatic nitrogens is 2. The summed E-state index contributed by atoms with van der Waals surface area (Å²) < 4.78 is 28.3. The lowest BCUT2D eigenvalue weighted by Crippen LogP contribution is -2.26. The minimum atomic E-state index is -0.578. The van der Waals surface area contributed by atoms with Crippen molar-refractivity contribution >= 4 is 22.5 Å². The van der Waals surface area contributed by atoms with Crippen LogP contribution < -0.4 is 11.1 Å². The summed E-state index contributed by atoms with van der Waals surface area (Å²) in [7, 11) is 0. The molecule has 1 aromatic heterocycles. The van der Waals surface area contributed by atoms with Crippen molar-refractivity contribution in [3.05, 3.63) is 77.5 Å². The summed E-state index contributed by atoms with van der Waals surface area (Å²) in [5.41, 5.74) is 8.59. The Morgan fingerprint density at radius 3 is 2.64 bits per heavy atom. The van der Waals surface area contributed by atoms with E-state index in [1.807, 2.05) is 13.0 Å². The van der Waals surface area contributed by atoms with Gasteiger partial charge in [-0.2, -0.15) is 5.26 Å². The average molecular weight is 443 g/mol. The van der Waals surface area contributed by atoms with Gasteiger partial charge in [0, 0.05) is 28.6 Å². The molecular formula is C25H19F2N5O. The predicted molar refractivity (Wildman–Crippen MR) is 122 cm³/mol. The molecule has 33 heavy (non-hydrogen) atoms. The normalized spacial score (nSPS) is 10.7. The molecule has 1 amide bonds. The van der Waals surface area contributed by atoms with Gasteiger partial charge in [0.05, 0.1) is 17.3 Å². The Balaban J connectivity index is 1.85. The number of benzene rings is 3. The maximum Gasteiger partial charge on any atom is 0.273 e. The van der Waals surface area contributed by atoms with E-state index in [0.717, 1.165) is 12.5 Å². The molecule has 3 N–H and O–H groups in total. The van der Waals surface area contributed by atoms with Crippen LogP contribution in [-0.2, 0) is 0 Å². The highest BCUT2D eigenvalue weighted by molar-refractivity contribution is 6.07. The number of halogens is 2. The van der Waals surface area contributed by atoms with Gasteiger partial charge in [0.1, 0.15) is 17.2 Å². The lowest BCUT2D eigenvalue weighted by atomic mass is 9.94. The van der Waals surface area contributed by atoms with Gasteiger partial charge in [-0.15, -0.1) is 10.2 Å². The fourth-order valence-corrected chi connectivity index (χ4v) is 3.62. The largest absolute Gasteiger partial charge is 0.396 e. The molecule has 164 valence electrons. The number of nitriles is 1. The minimum Gasteiger partial charge on any atom is -0.396 e. The highest BCUT2D eigenvalue weighted by Gasteiger charge is 2.18. The summed E-state index contributed by atoms with van der Waals surface area (Å²) >= 11 is 0. The molecule has 0 atom stereocenters. The van der Waals surface area contributed by atoms with Gasteiger partial charge in [-0.3, -0.25) is 4.79 Å². The smallest absolute Gasteiger partial charge is 0.273 e. The Labute approximate surface area is 188 Å². The van der Waals surface area contributed by atoms with Crippen LogP contribution in [0.2, 0.25) is 0 Å². The van der Waals surface area contributed by atoms with E-state index >= 15 is 0 Å². The molecular weight excluding hydrogens is 424 g/mol. The molecule has 0 aliphatic heterocycles. The van der Waals surface area contributed by atoms with E-state index in [4.69, 9.17) is 5.73 Å². The van der Waals surface area contributed by atoms with Gasteiger partial charge in [-0.25, -0.2) is 8.78 Å². The van der Waals surface area contributed by atoms with Gasteiger partial charge in [0.25, 0.3) is 5.91 Å². The number of carbonyl (C=O) groups excluding carboxylic acids is 1. The van der Waals surface area contributed by atoms with Crippen molar-refractivity contribution in [3.8, 4) is 28.3 Å². The number of nitrogens with two attached hydrogens (primary N) is 1. The van der Waals surface area contributed by atoms with Crippen LogP contribution in [0.1, 0.15) is 29.4 Å². The van der Waals surface area contributed by atoms with Gasteiger partial charge in [0.2, 0.25) is 0 Å². The van der Waals surface area contributed by atoms with Crippen LogP contribution in [0.3, 0.4) is 0 Å². The van der Waals surface area contributed by atoms with E-state index in [-0.39, 0.29) is 28.1 Å². The number of carbonyl (C=O) groups is 1. The molecule has 1 heterocycles. The summed E-state index contributed by atoms with van der Waals surface area (Å²) in [6.07, 6.45) is 0.769. The van der Waals surface area contributed by atoms with Crippen LogP contribution >= 0.6 is 0 Å². The van der Waals surface area contributed by atoms with Crippen LogP contribution in [0.25, 0.3) is 33.2 Å². The van der Waals surface area contributed by atoms with E-state index in [9.17, 15) is 18.8 Å². The molecule has 4 rings (SSSR count). The highest BCUT2D eigenvalue weighted by Crippen LogP contribution is 2.35. The number of fused-ring (bicyclic) bond motifs is 1. The molecule has 0 bridgehead atoms. The van der Waals surface area contributed by atoms with Crippen molar-refractivity contribution in [3.63, 3.8) is 0 Å². The summed E-state index contributed by atoms with van der Waals surface area (Å²) in [6.45, 7) is 2.43. The zero-order valence-electron chi connectivity index (χ0n) is 17.7. The maximum absolute atomic E-state index is 14.7. The quantitative estimate of drug-likeness (QED) is 0.459. The third-order valence-corrected chi connectivity index (χ3v) is 5.25. The number of anilines is 1. The molecule has 0 aliphatic carbocycles. The topological polar surface area (TPSA) is 105 Å². The fourth-order valence-electron chi connectivity index (χ4n) is 3.62. The number of rotatable bonds is 5. The van der Waals surface area contributed by atoms with E-state index < -0.39 is 17.5 Å². The molecule has 0 unspecified atom stereocenters. The number of nitrogens with one attached hydrogen (secondary N) is 1. The second kappa shape index (κ2) is 9.01. The molecule has 4 aromatic rings. The van der Waals surface area contributed by atoms with Crippen molar-refractivity contribution in [2.24, 2.45) is 0 Å². The first kappa shape index (κ1) is 21.8. The van der Waals surface area contributed by atoms with Gasteiger partial charge in [-0.05, 0) is 36.2 Å². The second-order valence-corrected chi connectivity index (χ2v) is 7.42. The first-order valence-electron chi connectivity index (χ1n) is 10.3. The molecule has 0 aliphatic rings. The molecule has 0 saturated carbocycles. The summed E-state index contributed by atoms with van der Waals surface area (Å²) in [6, 6.07) is 15.2. The van der Waals surface area contributed by atoms with E-state index in [1.165, 1.54) is 18.2 Å². The lowest BCUT2D eigenvalue weighted by molar-refractivity contribution is 0.0949. The van der Waals surface area contributed by atoms with Crippen LogP contribution in [0, 0.1) is 23.0 Å². The second-order valence-electron chi connectivity index (χ2n) is 7.42. The molecule has 0 saturated heterocycles.